The summed E-state index contributed by atoms with van der Waals surface area (Å²) in [5, 5.41) is 8.58. The predicted octanol–water partition coefficient (Wildman–Crippen LogP) is 1.38. The molecule has 0 aromatic carbocycles. The van der Waals surface area contributed by atoms with E-state index in [1.807, 2.05) is 0 Å². The summed E-state index contributed by atoms with van der Waals surface area (Å²) in [6.07, 6.45) is 5.18. The second-order valence-corrected chi connectivity index (χ2v) is 3.12. The van der Waals surface area contributed by atoms with Crippen LogP contribution in [0.25, 0.3) is 0 Å². The van der Waals surface area contributed by atoms with Crippen LogP contribution in [0.15, 0.2) is 6.20 Å². The zero-order chi connectivity index (χ0) is 8.55. The summed E-state index contributed by atoms with van der Waals surface area (Å²) < 4.78 is 0. The highest BCUT2D eigenvalue weighted by atomic mass is 16.4. The number of carboxylic acids is 1. The number of hydrogen-bond donors (Lipinski definition) is 2. The Kier molecular flexibility index (Phi) is 1.60. The number of hydrogen-bond acceptors (Lipinski definition) is 2. The van der Waals surface area contributed by atoms with E-state index in [1.54, 1.807) is 6.20 Å². The summed E-state index contributed by atoms with van der Waals surface area (Å²) in [4.78, 5) is 17.0. The van der Waals surface area contributed by atoms with Gasteiger partial charge in [-0.2, -0.15) is 0 Å². The molecule has 4 nitrogen and oxygen atoms in total. The van der Waals surface area contributed by atoms with E-state index >= 15 is 0 Å². The van der Waals surface area contributed by atoms with Crippen molar-refractivity contribution in [2.24, 2.45) is 0 Å². The molecule has 1 fully saturated rings. The monoisotopic (exact) mass is 166 g/mol. The number of imidazole rings is 1. The maximum Gasteiger partial charge on any atom is 0.371 e. The van der Waals surface area contributed by atoms with Gasteiger partial charge in [0.1, 0.15) is 0 Å². The molecule has 0 atom stereocenters. The Hall–Kier alpha value is -1.32. The third-order valence-corrected chi connectivity index (χ3v) is 2.34. The molecule has 1 aliphatic rings. The van der Waals surface area contributed by atoms with Gasteiger partial charge in [0.15, 0.2) is 0 Å². The maximum atomic E-state index is 10.4. The highest BCUT2D eigenvalue weighted by molar-refractivity contribution is 5.83. The van der Waals surface area contributed by atoms with Crippen LogP contribution in [0.2, 0.25) is 0 Å². The minimum atomic E-state index is -0.986. The summed E-state index contributed by atoms with van der Waals surface area (Å²) >= 11 is 0. The van der Waals surface area contributed by atoms with Crippen LogP contribution in [0, 0.1) is 0 Å². The second kappa shape index (κ2) is 2.62. The standard InChI is InChI=1S/C8H10N2O2/c11-8(12)7-9-4-6(10-7)5-2-1-3-5/h4-5H,1-3H2,(H,9,10)(H,11,12). The molecule has 2 N–H and O–H groups in total. The van der Waals surface area contributed by atoms with Crippen molar-refractivity contribution in [3.05, 3.63) is 17.7 Å². The third-order valence-electron chi connectivity index (χ3n) is 2.34. The lowest BCUT2D eigenvalue weighted by Gasteiger charge is -2.23. The molecule has 1 heterocycles. The number of carboxylic acid groups (broad SMARTS) is 1. The second-order valence-electron chi connectivity index (χ2n) is 3.12. The molecule has 1 aromatic heterocycles. The van der Waals surface area contributed by atoms with Crippen LogP contribution in [-0.4, -0.2) is 21.0 Å². The van der Waals surface area contributed by atoms with Gasteiger partial charge in [-0.3, -0.25) is 0 Å². The van der Waals surface area contributed by atoms with Gasteiger partial charge in [-0.1, -0.05) is 6.42 Å². The molecule has 0 bridgehead atoms. The van der Waals surface area contributed by atoms with E-state index < -0.39 is 5.97 Å². The Morgan fingerprint density at radius 2 is 2.42 bits per heavy atom. The highest BCUT2D eigenvalue weighted by Gasteiger charge is 2.22. The molecule has 64 valence electrons. The van der Waals surface area contributed by atoms with Crippen LogP contribution in [0.4, 0.5) is 0 Å². The molecule has 0 amide bonds. The van der Waals surface area contributed by atoms with Crippen molar-refractivity contribution in [3.63, 3.8) is 0 Å². The van der Waals surface area contributed by atoms with Gasteiger partial charge in [0.25, 0.3) is 0 Å². The molecular weight excluding hydrogens is 156 g/mol. The predicted molar refractivity (Wildman–Crippen MR) is 42.1 cm³/mol. The molecule has 1 aromatic rings. The number of aromatic nitrogens is 2. The number of aromatic carboxylic acids is 1. The van der Waals surface area contributed by atoms with E-state index in [1.165, 1.54) is 6.42 Å². The fraction of sp³-hybridized carbons (Fsp3) is 0.500. The quantitative estimate of drug-likeness (QED) is 0.697. The van der Waals surface area contributed by atoms with Gasteiger partial charge in [0, 0.05) is 17.8 Å². The average molecular weight is 166 g/mol. The van der Waals surface area contributed by atoms with Gasteiger partial charge >= 0.3 is 5.97 Å². The zero-order valence-corrected chi connectivity index (χ0v) is 6.58. The minimum Gasteiger partial charge on any atom is -0.475 e. The highest BCUT2D eigenvalue weighted by Crippen LogP contribution is 2.34. The lowest BCUT2D eigenvalue weighted by molar-refractivity contribution is 0.0684. The summed E-state index contributed by atoms with van der Waals surface area (Å²) in [5.74, 6) is -0.414. The maximum absolute atomic E-state index is 10.4. The SMILES string of the molecule is O=C(O)c1ncc(C2CCC2)[nH]1. The van der Waals surface area contributed by atoms with Crippen molar-refractivity contribution >= 4 is 5.97 Å². The summed E-state index contributed by atoms with van der Waals surface area (Å²) in [7, 11) is 0. The first-order chi connectivity index (χ1) is 5.77. The first kappa shape index (κ1) is 7.34. The van der Waals surface area contributed by atoms with E-state index in [0.29, 0.717) is 5.92 Å². The van der Waals surface area contributed by atoms with Crippen LogP contribution >= 0.6 is 0 Å². The summed E-state index contributed by atoms with van der Waals surface area (Å²) in [5.41, 5.74) is 0.971. The average Bonchev–Trinajstić information content (AvgIpc) is 2.32. The van der Waals surface area contributed by atoms with Gasteiger partial charge in [0.2, 0.25) is 5.82 Å². The fourth-order valence-corrected chi connectivity index (χ4v) is 1.37. The lowest BCUT2D eigenvalue weighted by Crippen LogP contribution is -2.09. The molecular formula is C8H10N2O2. The molecule has 1 saturated carbocycles. The van der Waals surface area contributed by atoms with Crippen molar-refractivity contribution in [1.82, 2.24) is 9.97 Å². The number of nitrogens with one attached hydrogen (secondary N) is 1. The van der Waals surface area contributed by atoms with Gasteiger partial charge < -0.3 is 10.1 Å². The topological polar surface area (TPSA) is 66.0 Å². The van der Waals surface area contributed by atoms with Gasteiger partial charge in [-0.05, 0) is 12.8 Å². The first-order valence-electron chi connectivity index (χ1n) is 4.05. The minimum absolute atomic E-state index is 0.0527. The number of rotatable bonds is 2. The Labute approximate surface area is 69.6 Å². The van der Waals surface area contributed by atoms with Crippen molar-refractivity contribution in [2.45, 2.75) is 25.2 Å². The van der Waals surface area contributed by atoms with Gasteiger partial charge in [-0.15, -0.1) is 0 Å². The molecule has 0 saturated heterocycles. The number of nitrogens with zero attached hydrogens (tertiary/aromatic N) is 1. The largest absolute Gasteiger partial charge is 0.475 e. The molecule has 0 spiro atoms. The van der Waals surface area contributed by atoms with Crippen LogP contribution in [0.3, 0.4) is 0 Å². The van der Waals surface area contributed by atoms with Crippen molar-refractivity contribution in [3.8, 4) is 0 Å². The third kappa shape index (κ3) is 1.09. The number of aromatic amines is 1. The molecule has 12 heavy (non-hydrogen) atoms. The molecule has 0 unspecified atom stereocenters. The molecule has 1 aliphatic carbocycles. The Bertz CT molecular complexity index is 302. The van der Waals surface area contributed by atoms with E-state index in [-0.39, 0.29) is 5.82 Å². The Morgan fingerprint density at radius 3 is 2.83 bits per heavy atom. The Morgan fingerprint density at radius 1 is 1.67 bits per heavy atom. The van der Waals surface area contributed by atoms with E-state index in [9.17, 15) is 4.79 Å². The van der Waals surface area contributed by atoms with Crippen molar-refractivity contribution in [1.29, 1.82) is 0 Å². The summed E-state index contributed by atoms with van der Waals surface area (Å²) in [6, 6.07) is 0. The van der Waals surface area contributed by atoms with E-state index in [0.717, 1.165) is 18.5 Å². The zero-order valence-electron chi connectivity index (χ0n) is 6.58. The van der Waals surface area contributed by atoms with Crippen LogP contribution in [0.5, 0.6) is 0 Å². The fourth-order valence-electron chi connectivity index (χ4n) is 1.37. The molecule has 0 radical (unpaired) electrons. The van der Waals surface area contributed by atoms with Crippen LogP contribution in [-0.2, 0) is 0 Å². The lowest BCUT2D eigenvalue weighted by atomic mass is 9.83. The van der Waals surface area contributed by atoms with Gasteiger partial charge in [-0.25, -0.2) is 9.78 Å². The van der Waals surface area contributed by atoms with Gasteiger partial charge in [0.05, 0.1) is 0 Å². The number of H-pyrrole nitrogens is 1. The molecule has 0 aliphatic heterocycles. The Balaban J connectivity index is 2.17. The summed E-state index contributed by atoms with van der Waals surface area (Å²) in [6.45, 7) is 0. The first-order valence-corrected chi connectivity index (χ1v) is 4.05. The van der Waals surface area contributed by atoms with Crippen LogP contribution in [0.1, 0.15) is 41.5 Å². The van der Waals surface area contributed by atoms with Crippen molar-refractivity contribution < 1.29 is 9.90 Å². The molecule has 2 rings (SSSR count). The normalized spacial score (nSPS) is 17.3. The van der Waals surface area contributed by atoms with Crippen LogP contribution < -0.4 is 0 Å². The van der Waals surface area contributed by atoms with E-state index in [4.69, 9.17) is 5.11 Å². The van der Waals surface area contributed by atoms with Crippen molar-refractivity contribution in [2.75, 3.05) is 0 Å². The van der Waals surface area contributed by atoms with E-state index in [2.05, 4.69) is 9.97 Å². The smallest absolute Gasteiger partial charge is 0.371 e. The number of carbonyl (C=O) groups is 1. The molecule has 4 heteroatoms.